The first kappa shape index (κ1) is 15.3. The molecule has 0 aliphatic heterocycles. The van der Waals surface area contributed by atoms with Crippen molar-refractivity contribution in [3.8, 4) is 0 Å². The van der Waals surface area contributed by atoms with Crippen molar-refractivity contribution in [3.63, 3.8) is 0 Å². The van der Waals surface area contributed by atoms with Crippen LogP contribution in [0.4, 0.5) is 5.69 Å². The molecule has 0 bridgehead atoms. The maximum atomic E-state index is 12.3. The number of carbonyl (C=O) groups excluding carboxylic acids is 2. The Morgan fingerprint density at radius 1 is 1.32 bits per heavy atom. The first-order valence-electron chi connectivity index (χ1n) is 5.93. The number of hydrogen-bond donors (Lipinski definition) is 2. The molecule has 0 heterocycles. The molecule has 0 aliphatic rings. The van der Waals surface area contributed by atoms with Crippen molar-refractivity contribution >= 4 is 29.1 Å². The molecule has 0 aliphatic carbocycles. The molecule has 0 spiro atoms. The molecule has 0 unspecified atom stereocenters. The Morgan fingerprint density at radius 2 is 1.95 bits per heavy atom. The third-order valence-electron chi connectivity index (χ3n) is 2.39. The fraction of sp³-hybridized carbons (Fsp3) is 0.385. The van der Waals surface area contributed by atoms with Gasteiger partial charge in [-0.3, -0.25) is 9.59 Å². The predicted octanol–water partition coefficient (Wildman–Crippen LogP) is 1.51. The van der Waals surface area contributed by atoms with Gasteiger partial charge in [-0.2, -0.15) is 0 Å². The van der Waals surface area contributed by atoms with Crippen LogP contribution >= 0.6 is 11.6 Å². The van der Waals surface area contributed by atoms with Crippen LogP contribution in [0.3, 0.4) is 0 Å². The average Bonchev–Trinajstić information content (AvgIpc) is 2.24. The van der Waals surface area contributed by atoms with E-state index in [9.17, 15) is 9.59 Å². The largest absolute Gasteiger partial charge is 0.399 e. The van der Waals surface area contributed by atoms with E-state index < -0.39 is 5.91 Å². The molecule has 1 aromatic rings. The average molecular weight is 284 g/mol. The third-order valence-corrected chi connectivity index (χ3v) is 2.60. The maximum Gasteiger partial charge on any atom is 0.254 e. The lowest BCUT2D eigenvalue weighted by molar-refractivity contribution is -0.118. The normalized spacial score (nSPS) is 10.5. The maximum absolute atomic E-state index is 12.3. The van der Waals surface area contributed by atoms with E-state index in [1.165, 1.54) is 17.0 Å². The van der Waals surface area contributed by atoms with Crippen molar-refractivity contribution in [1.82, 2.24) is 4.90 Å². The van der Waals surface area contributed by atoms with Crippen LogP contribution in [0.25, 0.3) is 0 Å². The Labute approximate surface area is 117 Å². The van der Waals surface area contributed by atoms with Crippen LogP contribution in [-0.2, 0) is 4.79 Å². The first-order chi connectivity index (χ1) is 8.79. The predicted molar refractivity (Wildman–Crippen MR) is 75.8 cm³/mol. The number of rotatable bonds is 5. The van der Waals surface area contributed by atoms with Crippen LogP contribution < -0.4 is 11.5 Å². The summed E-state index contributed by atoms with van der Waals surface area (Å²) in [5, 5.41) is 0.381. The van der Waals surface area contributed by atoms with Gasteiger partial charge in [0.2, 0.25) is 5.91 Å². The Morgan fingerprint density at radius 3 is 2.42 bits per heavy atom. The Hall–Kier alpha value is -1.75. The quantitative estimate of drug-likeness (QED) is 0.803. The Balaban J connectivity index is 3.00. The number of anilines is 1. The monoisotopic (exact) mass is 283 g/mol. The van der Waals surface area contributed by atoms with Gasteiger partial charge < -0.3 is 16.4 Å². The van der Waals surface area contributed by atoms with E-state index in [1.54, 1.807) is 6.07 Å². The lowest BCUT2D eigenvalue weighted by Gasteiger charge is -2.23. The van der Waals surface area contributed by atoms with Gasteiger partial charge in [0, 0.05) is 22.8 Å². The molecular weight excluding hydrogens is 266 g/mol. The number of nitrogen functional groups attached to an aromatic ring is 1. The van der Waals surface area contributed by atoms with Crippen LogP contribution in [-0.4, -0.2) is 29.8 Å². The fourth-order valence-corrected chi connectivity index (χ4v) is 2.01. The van der Waals surface area contributed by atoms with E-state index in [4.69, 9.17) is 23.1 Å². The van der Waals surface area contributed by atoms with Crippen LogP contribution in [0.2, 0.25) is 5.02 Å². The van der Waals surface area contributed by atoms with Gasteiger partial charge in [-0.1, -0.05) is 25.4 Å². The minimum absolute atomic E-state index is 0.122. The van der Waals surface area contributed by atoms with Crippen LogP contribution in [0.1, 0.15) is 24.2 Å². The molecule has 4 N–H and O–H groups in total. The second kappa shape index (κ2) is 6.43. The van der Waals surface area contributed by atoms with Crippen molar-refractivity contribution in [2.45, 2.75) is 13.8 Å². The summed E-state index contributed by atoms with van der Waals surface area (Å²) >= 11 is 5.87. The molecular formula is C13H18ClN3O2. The first-order valence-corrected chi connectivity index (χ1v) is 6.31. The number of primary amides is 1. The zero-order chi connectivity index (χ0) is 14.6. The van der Waals surface area contributed by atoms with Gasteiger partial charge in [0.05, 0.1) is 6.54 Å². The van der Waals surface area contributed by atoms with E-state index in [1.807, 2.05) is 13.8 Å². The van der Waals surface area contributed by atoms with Crippen LogP contribution in [0.15, 0.2) is 18.2 Å². The summed E-state index contributed by atoms with van der Waals surface area (Å²) in [5.74, 6) is -0.634. The molecule has 0 saturated heterocycles. The van der Waals surface area contributed by atoms with Crippen molar-refractivity contribution in [1.29, 1.82) is 0 Å². The zero-order valence-electron chi connectivity index (χ0n) is 11.0. The molecule has 1 rings (SSSR count). The molecule has 0 saturated carbocycles. The highest BCUT2D eigenvalue weighted by molar-refractivity contribution is 6.31. The van der Waals surface area contributed by atoms with Crippen molar-refractivity contribution in [2.75, 3.05) is 18.8 Å². The molecule has 6 heteroatoms. The summed E-state index contributed by atoms with van der Waals surface area (Å²) < 4.78 is 0. The molecule has 0 atom stereocenters. The van der Waals surface area contributed by atoms with Gasteiger partial charge in [-0.15, -0.1) is 0 Å². The SMILES string of the molecule is CC(C)CN(CC(N)=O)C(=O)c1cc(N)cc(Cl)c1. The van der Waals surface area contributed by atoms with Gasteiger partial charge in [-0.25, -0.2) is 0 Å². The smallest absolute Gasteiger partial charge is 0.254 e. The van der Waals surface area contributed by atoms with Crippen LogP contribution in [0, 0.1) is 5.92 Å². The molecule has 1 aromatic carbocycles. The summed E-state index contributed by atoms with van der Waals surface area (Å²) in [6.45, 7) is 4.22. The van der Waals surface area contributed by atoms with E-state index in [-0.39, 0.29) is 18.4 Å². The fourth-order valence-electron chi connectivity index (χ4n) is 1.77. The minimum Gasteiger partial charge on any atom is -0.399 e. The molecule has 0 aromatic heterocycles. The number of amides is 2. The molecule has 0 fully saturated rings. The van der Waals surface area contributed by atoms with E-state index in [0.29, 0.717) is 22.8 Å². The Bertz CT molecular complexity index is 469. The summed E-state index contributed by atoms with van der Waals surface area (Å²) in [4.78, 5) is 24.8. The topological polar surface area (TPSA) is 89.4 Å². The van der Waals surface area contributed by atoms with Gasteiger partial charge >= 0.3 is 0 Å². The summed E-state index contributed by atoms with van der Waals surface area (Å²) in [6.07, 6.45) is 0. The van der Waals surface area contributed by atoms with E-state index >= 15 is 0 Å². The summed E-state index contributed by atoms with van der Waals surface area (Å²) in [5.41, 5.74) is 11.6. The highest BCUT2D eigenvalue weighted by Gasteiger charge is 2.19. The number of nitrogens with two attached hydrogens (primary N) is 2. The minimum atomic E-state index is -0.552. The molecule has 104 valence electrons. The van der Waals surface area contributed by atoms with Crippen molar-refractivity contribution in [2.24, 2.45) is 11.7 Å². The summed E-state index contributed by atoms with van der Waals surface area (Å²) in [7, 11) is 0. The number of nitrogens with zero attached hydrogens (tertiary/aromatic N) is 1. The number of carbonyl (C=O) groups is 2. The van der Waals surface area contributed by atoms with Gasteiger partial charge in [0.1, 0.15) is 0 Å². The number of halogens is 1. The van der Waals surface area contributed by atoms with Gasteiger partial charge in [0.15, 0.2) is 0 Å². The second-order valence-corrected chi connectivity index (χ2v) is 5.26. The van der Waals surface area contributed by atoms with Crippen molar-refractivity contribution in [3.05, 3.63) is 28.8 Å². The third kappa shape index (κ3) is 4.79. The second-order valence-electron chi connectivity index (χ2n) is 4.82. The van der Waals surface area contributed by atoms with Crippen molar-refractivity contribution < 1.29 is 9.59 Å². The molecule has 19 heavy (non-hydrogen) atoms. The zero-order valence-corrected chi connectivity index (χ0v) is 11.8. The molecule has 5 nitrogen and oxygen atoms in total. The summed E-state index contributed by atoms with van der Waals surface area (Å²) in [6, 6.07) is 4.61. The lowest BCUT2D eigenvalue weighted by atomic mass is 10.1. The van der Waals surface area contributed by atoms with Gasteiger partial charge in [0.25, 0.3) is 5.91 Å². The molecule has 2 amide bonds. The number of benzene rings is 1. The Kier molecular flexibility index (Phi) is 5.18. The van der Waals surface area contributed by atoms with Gasteiger partial charge in [-0.05, 0) is 24.1 Å². The highest BCUT2D eigenvalue weighted by Crippen LogP contribution is 2.18. The standard InChI is InChI=1S/C13H18ClN3O2/c1-8(2)6-17(7-12(16)18)13(19)9-3-10(14)5-11(15)4-9/h3-5,8H,6-7,15H2,1-2H3,(H2,16,18). The van der Waals surface area contributed by atoms with E-state index in [2.05, 4.69) is 0 Å². The van der Waals surface area contributed by atoms with Crippen LogP contribution in [0.5, 0.6) is 0 Å². The van der Waals surface area contributed by atoms with E-state index in [0.717, 1.165) is 0 Å². The number of hydrogen-bond acceptors (Lipinski definition) is 3. The lowest BCUT2D eigenvalue weighted by Crippen LogP contribution is -2.40. The molecule has 0 radical (unpaired) electrons. The highest BCUT2D eigenvalue weighted by atomic mass is 35.5.